The minimum Gasteiger partial charge on any atom is -0.393 e. The molecule has 18 heavy (non-hydrogen) atoms. The SMILES string of the molecule is Cc1cc(C(=O)N2CCC(O)CC2)c(Cl)cc1F. The lowest BCUT2D eigenvalue weighted by molar-refractivity contribution is 0.0546. The van der Waals surface area contributed by atoms with Crippen molar-refractivity contribution in [2.75, 3.05) is 13.1 Å². The maximum absolute atomic E-state index is 13.3. The van der Waals surface area contributed by atoms with E-state index in [0.29, 0.717) is 37.1 Å². The number of likely N-dealkylation sites (tertiary alicyclic amines) is 1. The van der Waals surface area contributed by atoms with Crippen LogP contribution in [0, 0.1) is 12.7 Å². The lowest BCUT2D eigenvalue weighted by Crippen LogP contribution is -2.40. The molecule has 1 aromatic carbocycles. The molecule has 0 radical (unpaired) electrons. The van der Waals surface area contributed by atoms with Crippen LogP contribution >= 0.6 is 11.6 Å². The van der Waals surface area contributed by atoms with E-state index in [1.807, 2.05) is 0 Å². The van der Waals surface area contributed by atoms with Crippen molar-refractivity contribution in [3.05, 3.63) is 34.1 Å². The van der Waals surface area contributed by atoms with E-state index in [4.69, 9.17) is 11.6 Å². The molecule has 1 N–H and O–H groups in total. The van der Waals surface area contributed by atoms with Crippen LogP contribution in [0.5, 0.6) is 0 Å². The van der Waals surface area contributed by atoms with Crippen LogP contribution in [-0.4, -0.2) is 35.1 Å². The number of aliphatic hydroxyl groups is 1. The molecular weight excluding hydrogens is 257 g/mol. The number of benzene rings is 1. The Bertz CT molecular complexity index is 470. The molecule has 1 aliphatic heterocycles. The molecule has 2 rings (SSSR count). The monoisotopic (exact) mass is 271 g/mol. The van der Waals surface area contributed by atoms with Gasteiger partial charge in [-0.05, 0) is 37.5 Å². The second-order valence-electron chi connectivity index (χ2n) is 4.60. The van der Waals surface area contributed by atoms with Crippen molar-refractivity contribution in [1.82, 2.24) is 4.90 Å². The molecule has 0 bridgehead atoms. The van der Waals surface area contributed by atoms with Crippen LogP contribution in [0.1, 0.15) is 28.8 Å². The number of aryl methyl sites for hydroxylation is 1. The van der Waals surface area contributed by atoms with Gasteiger partial charge in [0.15, 0.2) is 0 Å². The molecule has 0 atom stereocenters. The molecule has 1 amide bonds. The fraction of sp³-hybridized carbons (Fsp3) is 0.462. The molecule has 0 aliphatic carbocycles. The Labute approximate surface area is 110 Å². The quantitative estimate of drug-likeness (QED) is 0.852. The van der Waals surface area contributed by atoms with Gasteiger partial charge in [0.1, 0.15) is 5.82 Å². The van der Waals surface area contributed by atoms with Gasteiger partial charge in [-0.1, -0.05) is 11.6 Å². The Morgan fingerprint density at radius 1 is 1.44 bits per heavy atom. The summed E-state index contributed by atoms with van der Waals surface area (Å²) in [5, 5.41) is 9.53. The van der Waals surface area contributed by atoms with Gasteiger partial charge in [-0.3, -0.25) is 4.79 Å². The van der Waals surface area contributed by atoms with Gasteiger partial charge in [-0.2, -0.15) is 0 Å². The van der Waals surface area contributed by atoms with Crippen LogP contribution < -0.4 is 0 Å². The highest BCUT2D eigenvalue weighted by Crippen LogP contribution is 2.23. The maximum atomic E-state index is 13.3. The third-order valence-corrected chi connectivity index (χ3v) is 3.54. The van der Waals surface area contributed by atoms with E-state index < -0.39 is 5.82 Å². The first-order valence-corrected chi connectivity index (χ1v) is 6.30. The summed E-state index contributed by atoms with van der Waals surface area (Å²) in [6, 6.07) is 2.65. The van der Waals surface area contributed by atoms with Crippen LogP contribution in [0.4, 0.5) is 4.39 Å². The largest absolute Gasteiger partial charge is 0.393 e. The molecule has 98 valence electrons. The van der Waals surface area contributed by atoms with E-state index in [0.717, 1.165) is 0 Å². The van der Waals surface area contributed by atoms with Crippen molar-refractivity contribution in [3.8, 4) is 0 Å². The predicted octanol–water partition coefficient (Wildman–Crippen LogP) is 2.38. The van der Waals surface area contributed by atoms with Gasteiger partial charge >= 0.3 is 0 Å². The first-order valence-electron chi connectivity index (χ1n) is 5.92. The molecule has 0 unspecified atom stereocenters. The Hall–Kier alpha value is -1.13. The van der Waals surface area contributed by atoms with E-state index in [2.05, 4.69) is 0 Å². The second-order valence-corrected chi connectivity index (χ2v) is 5.01. The number of hydrogen-bond acceptors (Lipinski definition) is 2. The molecule has 5 heteroatoms. The third kappa shape index (κ3) is 2.65. The van der Waals surface area contributed by atoms with Crippen molar-refractivity contribution >= 4 is 17.5 Å². The van der Waals surface area contributed by atoms with Crippen LogP contribution in [0.15, 0.2) is 12.1 Å². The summed E-state index contributed by atoms with van der Waals surface area (Å²) in [7, 11) is 0. The lowest BCUT2D eigenvalue weighted by atomic mass is 10.1. The molecule has 1 heterocycles. The smallest absolute Gasteiger partial charge is 0.255 e. The Morgan fingerprint density at radius 2 is 2.06 bits per heavy atom. The Balaban J connectivity index is 2.21. The van der Waals surface area contributed by atoms with Crippen molar-refractivity contribution in [1.29, 1.82) is 0 Å². The molecule has 1 fully saturated rings. The van der Waals surface area contributed by atoms with Gasteiger partial charge in [0.25, 0.3) is 5.91 Å². The number of hydrogen-bond donors (Lipinski definition) is 1. The third-order valence-electron chi connectivity index (χ3n) is 3.23. The summed E-state index contributed by atoms with van der Waals surface area (Å²) in [5.41, 5.74) is 0.728. The minimum absolute atomic E-state index is 0.134. The predicted molar refractivity (Wildman–Crippen MR) is 67.3 cm³/mol. The number of carbonyl (C=O) groups is 1. The molecule has 1 saturated heterocycles. The normalized spacial score (nSPS) is 17.0. The molecular formula is C13H15ClFNO2. The van der Waals surface area contributed by atoms with Crippen LogP contribution in [0.25, 0.3) is 0 Å². The second kappa shape index (κ2) is 5.24. The van der Waals surface area contributed by atoms with Crippen molar-refractivity contribution < 1.29 is 14.3 Å². The van der Waals surface area contributed by atoms with E-state index in [9.17, 15) is 14.3 Å². The molecule has 3 nitrogen and oxygen atoms in total. The fourth-order valence-corrected chi connectivity index (χ4v) is 2.29. The first-order chi connectivity index (χ1) is 8.49. The zero-order chi connectivity index (χ0) is 13.3. The Morgan fingerprint density at radius 3 is 2.67 bits per heavy atom. The summed E-state index contributed by atoms with van der Waals surface area (Å²) >= 11 is 5.91. The molecule has 0 spiro atoms. The van der Waals surface area contributed by atoms with E-state index in [-0.39, 0.29) is 17.0 Å². The fourth-order valence-electron chi connectivity index (χ4n) is 2.06. The van der Waals surface area contributed by atoms with E-state index in [1.165, 1.54) is 12.1 Å². The summed E-state index contributed by atoms with van der Waals surface area (Å²) in [6.45, 7) is 2.61. The number of piperidine rings is 1. The zero-order valence-electron chi connectivity index (χ0n) is 10.1. The van der Waals surface area contributed by atoms with Gasteiger partial charge in [0, 0.05) is 13.1 Å². The van der Waals surface area contributed by atoms with Gasteiger partial charge in [-0.15, -0.1) is 0 Å². The number of aliphatic hydroxyl groups excluding tert-OH is 1. The highest BCUT2D eigenvalue weighted by atomic mass is 35.5. The standard InChI is InChI=1S/C13H15ClFNO2/c1-8-6-10(11(14)7-12(8)15)13(18)16-4-2-9(17)3-5-16/h6-7,9,17H,2-5H2,1H3. The minimum atomic E-state index is -0.411. The number of amides is 1. The summed E-state index contributed by atoms with van der Waals surface area (Å²) in [6.07, 6.45) is 0.812. The maximum Gasteiger partial charge on any atom is 0.255 e. The topological polar surface area (TPSA) is 40.5 Å². The van der Waals surface area contributed by atoms with Crippen molar-refractivity contribution in [2.45, 2.75) is 25.9 Å². The first kappa shape index (κ1) is 13.3. The average Bonchev–Trinajstić information content (AvgIpc) is 2.34. The zero-order valence-corrected chi connectivity index (χ0v) is 10.9. The number of rotatable bonds is 1. The van der Waals surface area contributed by atoms with Gasteiger partial charge in [0.2, 0.25) is 0 Å². The molecule has 0 saturated carbocycles. The number of halogens is 2. The highest BCUT2D eigenvalue weighted by molar-refractivity contribution is 6.33. The molecule has 0 aromatic heterocycles. The van der Waals surface area contributed by atoms with Gasteiger partial charge < -0.3 is 10.0 Å². The van der Waals surface area contributed by atoms with E-state index >= 15 is 0 Å². The highest BCUT2D eigenvalue weighted by Gasteiger charge is 2.24. The van der Waals surface area contributed by atoms with Crippen molar-refractivity contribution in [3.63, 3.8) is 0 Å². The molecule has 1 aliphatic rings. The van der Waals surface area contributed by atoms with Crippen LogP contribution in [0.2, 0.25) is 5.02 Å². The lowest BCUT2D eigenvalue weighted by Gasteiger charge is -2.30. The van der Waals surface area contributed by atoms with Gasteiger partial charge in [-0.25, -0.2) is 4.39 Å². The van der Waals surface area contributed by atoms with Crippen LogP contribution in [0.3, 0.4) is 0 Å². The molecule has 1 aromatic rings. The summed E-state index contributed by atoms with van der Waals surface area (Å²) in [4.78, 5) is 13.9. The average molecular weight is 272 g/mol. The number of nitrogens with zero attached hydrogens (tertiary/aromatic N) is 1. The summed E-state index contributed by atoms with van der Waals surface area (Å²) in [5.74, 6) is -0.611. The summed E-state index contributed by atoms with van der Waals surface area (Å²) < 4.78 is 13.3. The Kier molecular flexibility index (Phi) is 3.88. The van der Waals surface area contributed by atoms with Crippen LogP contribution in [-0.2, 0) is 0 Å². The van der Waals surface area contributed by atoms with E-state index in [1.54, 1.807) is 11.8 Å². The van der Waals surface area contributed by atoms with Gasteiger partial charge in [0.05, 0.1) is 16.7 Å². The number of carbonyl (C=O) groups excluding carboxylic acids is 1. The van der Waals surface area contributed by atoms with Crippen molar-refractivity contribution in [2.24, 2.45) is 0 Å².